The molecule has 0 spiro atoms. The van der Waals surface area contributed by atoms with Crippen LogP contribution in [0, 0.1) is 0 Å². The van der Waals surface area contributed by atoms with Crippen molar-refractivity contribution in [3.05, 3.63) is 42.0 Å². The van der Waals surface area contributed by atoms with E-state index >= 15 is 0 Å². The second kappa shape index (κ2) is 5.23. The molecule has 0 atom stereocenters. The molecule has 1 heterocycles. The summed E-state index contributed by atoms with van der Waals surface area (Å²) < 4.78 is 0. The molecule has 0 saturated carbocycles. The van der Waals surface area contributed by atoms with E-state index in [0.29, 0.717) is 0 Å². The van der Waals surface area contributed by atoms with Gasteiger partial charge in [-0.3, -0.25) is 0 Å². The Kier molecular flexibility index (Phi) is 3.69. The lowest BCUT2D eigenvalue weighted by Crippen LogP contribution is -2.55. The first-order valence-electron chi connectivity index (χ1n) is 5.52. The van der Waals surface area contributed by atoms with Crippen molar-refractivity contribution in [3.8, 4) is 0 Å². The van der Waals surface area contributed by atoms with Crippen LogP contribution < -0.4 is 16.9 Å². The van der Waals surface area contributed by atoms with Crippen LogP contribution in [0.15, 0.2) is 36.4 Å². The third-order valence-corrected chi connectivity index (χ3v) is 2.69. The molecule has 16 heavy (non-hydrogen) atoms. The number of nitrogens with zero attached hydrogens (tertiary/aromatic N) is 1. The van der Waals surface area contributed by atoms with Gasteiger partial charge in [-0.05, 0) is 17.6 Å². The Morgan fingerprint density at radius 3 is 2.50 bits per heavy atom. The minimum atomic E-state index is -0.480. The number of rotatable bonds is 3. The molecule has 4 heteroatoms. The first-order chi connectivity index (χ1) is 7.75. The molecule has 1 aliphatic rings. The van der Waals surface area contributed by atoms with Gasteiger partial charge in [0, 0.05) is 13.1 Å². The van der Waals surface area contributed by atoms with E-state index in [0.717, 1.165) is 19.5 Å². The minimum absolute atomic E-state index is 0.480. The van der Waals surface area contributed by atoms with Crippen molar-refractivity contribution in [3.63, 3.8) is 0 Å². The summed E-state index contributed by atoms with van der Waals surface area (Å²) in [5, 5.41) is 2.04. The smallest absolute Gasteiger partial charge is 0.119 e. The first kappa shape index (κ1) is 11.3. The molecule has 1 aromatic rings. The van der Waals surface area contributed by atoms with E-state index in [-0.39, 0.29) is 0 Å². The molecule has 0 aromatic heterocycles. The fourth-order valence-electron chi connectivity index (χ4n) is 1.91. The fourth-order valence-corrected chi connectivity index (χ4v) is 1.91. The van der Waals surface area contributed by atoms with Crippen molar-refractivity contribution in [2.75, 3.05) is 13.1 Å². The van der Waals surface area contributed by atoms with E-state index in [4.69, 9.17) is 11.5 Å². The number of benzene rings is 1. The molecule has 4 nitrogen and oxygen atoms in total. The number of hydrazine groups is 1. The van der Waals surface area contributed by atoms with E-state index in [1.807, 2.05) is 11.1 Å². The van der Waals surface area contributed by atoms with Gasteiger partial charge in [0.05, 0.1) is 0 Å². The molecule has 0 radical (unpaired) electrons. The first-order valence-corrected chi connectivity index (χ1v) is 5.52. The van der Waals surface area contributed by atoms with Gasteiger partial charge in [-0.2, -0.15) is 0 Å². The van der Waals surface area contributed by atoms with Crippen molar-refractivity contribution in [1.29, 1.82) is 0 Å². The van der Waals surface area contributed by atoms with Gasteiger partial charge in [-0.25, -0.2) is 10.4 Å². The molecule has 86 valence electrons. The van der Waals surface area contributed by atoms with Gasteiger partial charge < -0.3 is 11.5 Å². The van der Waals surface area contributed by atoms with Crippen LogP contribution in [0.3, 0.4) is 0 Å². The van der Waals surface area contributed by atoms with E-state index in [9.17, 15) is 0 Å². The molecule has 2 rings (SSSR count). The van der Waals surface area contributed by atoms with Crippen molar-refractivity contribution >= 4 is 5.57 Å². The Balaban J connectivity index is 1.99. The van der Waals surface area contributed by atoms with Crippen LogP contribution in [0.4, 0.5) is 0 Å². The molecule has 0 saturated heterocycles. The molecule has 5 N–H and O–H groups in total. The molecule has 0 unspecified atom stereocenters. The second-order valence-electron chi connectivity index (χ2n) is 3.95. The molecular weight excluding hydrogens is 200 g/mol. The fraction of sp³-hybridized carbons (Fsp3) is 0.333. The molecule has 0 aliphatic carbocycles. The molecule has 0 amide bonds. The predicted molar refractivity (Wildman–Crippen MR) is 65.9 cm³/mol. The monoisotopic (exact) mass is 218 g/mol. The van der Waals surface area contributed by atoms with Gasteiger partial charge in [-0.15, -0.1) is 0 Å². The van der Waals surface area contributed by atoms with E-state index in [1.165, 1.54) is 11.1 Å². The van der Waals surface area contributed by atoms with E-state index < -0.39 is 6.29 Å². The standard InChI is InChI=1S/C12H18N4/c13-12(14)15-16-8-6-11(7-9-16)10-4-2-1-3-5-10/h1-6,12,15H,7-9,13-14H2. The SMILES string of the molecule is NC(N)NN1CC=C(c2ccccc2)CC1. The van der Waals surface area contributed by atoms with Gasteiger partial charge in [0.1, 0.15) is 6.29 Å². The van der Waals surface area contributed by atoms with Crippen LogP contribution in [0.25, 0.3) is 5.57 Å². The van der Waals surface area contributed by atoms with Crippen molar-refractivity contribution in [2.45, 2.75) is 12.7 Å². The predicted octanol–water partition coefficient (Wildman–Crippen LogP) is 0.481. The topological polar surface area (TPSA) is 67.3 Å². The lowest BCUT2D eigenvalue weighted by molar-refractivity contribution is 0.177. The van der Waals surface area contributed by atoms with Crippen LogP contribution in [0.1, 0.15) is 12.0 Å². The third-order valence-electron chi connectivity index (χ3n) is 2.69. The highest BCUT2D eigenvalue weighted by Gasteiger charge is 2.12. The summed E-state index contributed by atoms with van der Waals surface area (Å²) in [5.41, 5.74) is 16.6. The summed E-state index contributed by atoms with van der Waals surface area (Å²) in [6, 6.07) is 10.5. The van der Waals surface area contributed by atoms with Crippen molar-refractivity contribution in [2.24, 2.45) is 11.5 Å². The highest BCUT2D eigenvalue weighted by Crippen LogP contribution is 2.20. The van der Waals surface area contributed by atoms with Crippen LogP contribution in [-0.2, 0) is 0 Å². The number of nitrogens with two attached hydrogens (primary N) is 2. The van der Waals surface area contributed by atoms with E-state index in [1.54, 1.807) is 0 Å². The van der Waals surface area contributed by atoms with Gasteiger partial charge >= 0.3 is 0 Å². The van der Waals surface area contributed by atoms with Crippen LogP contribution in [-0.4, -0.2) is 24.4 Å². The molecule has 0 bridgehead atoms. The highest BCUT2D eigenvalue weighted by molar-refractivity contribution is 5.66. The van der Waals surface area contributed by atoms with Gasteiger partial charge in [0.25, 0.3) is 0 Å². The van der Waals surface area contributed by atoms with Crippen LogP contribution in [0.5, 0.6) is 0 Å². The summed E-state index contributed by atoms with van der Waals surface area (Å²) >= 11 is 0. The minimum Gasteiger partial charge on any atom is -0.303 e. The molecular formula is C12H18N4. The maximum atomic E-state index is 5.47. The summed E-state index contributed by atoms with van der Waals surface area (Å²) in [4.78, 5) is 0. The van der Waals surface area contributed by atoms with Gasteiger partial charge in [-0.1, -0.05) is 36.4 Å². The zero-order valence-corrected chi connectivity index (χ0v) is 9.26. The number of nitrogens with one attached hydrogen (secondary N) is 1. The Morgan fingerprint density at radius 2 is 1.94 bits per heavy atom. The maximum Gasteiger partial charge on any atom is 0.119 e. The Morgan fingerprint density at radius 1 is 1.19 bits per heavy atom. The summed E-state index contributed by atoms with van der Waals surface area (Å²) in [6.07, 6.45) is 2.75. The summed E-state index contributed by atoms with van der Waals surface area (Å²) in [7, 11) is 0. The average molecular weight is 218 g/mol. The van der Waals surface area contributed by atoms with Crippen LogP contribution in [0.2, 0.25) is 0 Å². The normalized spacial score (nSPS) is 17.6. The van der Waals surface area contributed by atoms with Crippen LogP contribution >= 0.6 is 0 Å². The largest absolute Gasteiger partial charge is 0.303 e. The van der Waals surface area contributed by atoms with Gasteiger partial charge in [0.2, 0.25) is 0 Å². The molecule has 1 aromatic carbocycles. The third kappa shape index (κ3) is 2.90. The lowest BCUT2D eigenvalue weighted by atomic mass is 10.0. The second-order valence-corrected chi connectivity index (χ2v) is 3.95. The Bertz CT molecular complexity index is 359. The van der Waals surface area contributed by atoms with Crippen molar-refractivity contribution < 1.29 is 0 Å². The maximum absolute atomic E-state index is 5.47. The summed E-state index contributed by atoms with van der Waals surface area (Å²) in [6.45, 7) is 1.78. The van der Waals surface area contributed by atoms with Crippen molar-refractivity contribution in [1.82, 2.24) is 10.4 Å². The van der Waals surface area contributed by atoms with Gasteiger partial charge in [0.15, 0.2) is 0 Å². The highest BCUT2D eigenvalue weighted by atomic mass is 15.5. The number of hydrogen-bond acceptors (Lipinski definition) is 4. The zero-order valence-electron chi connectivity index (χ0n) is 9.26. The summed E-state index contributed by atoms with van der Waals surface area (Å²) in [5.74, 6) is 0. The quantitative estimate of drug-likeness (QED) is 0.646. The van der Waals surface area contributed by atoms with E-state index in [2.05, 4.69) is 35.8 Å². The zero-order chi connectivity index (χ0) is 11.4. The lowest BCUT2D eigenvalue weighted by Gasteiger charge is -2.28. The Labute approximate surface area is 95.9 Å². The molecule has 1 aliphatic heterocycles. The number of hydrogen-bond donors (Lipinski definition) is 3. The average Bonchev–Trinajstić information content (AvgIpc) is 2.30. The molecule has 0 fully saturated rings. The Hall–Kier alpha value is -1.20.